The van der Waals surface area contributed by atoms with Gasteiger partial charge in [0.1, 0.15) is 11.8 Å². The van der Waals surface area contributed by atoms with Gasteiger partial charge in [0.05, 0.1) is 12.5 Å². The van der Waals surface area contributed by atoms with Crippen LogP contribution in [0.25, 0.3) is 0 Å². The summed E-state index contributed by atoms with van der Waals surface area (Å²) in [6.45, 7) is 5.62. The van der Waals surface area contributed by atoms with Crippen molar-refractivity contribution in [3.8, 4) is 5.88 Å². The van der Waals surface area contributed by atoms with Crippen molar-refractivity contribution in [3.63, 3.8) is 0 Å². The van der Waals surface area contributed by atoms with Crippen molar-refractivity contribution in [1.82, 2.24) is 20.2 Å². The van der Waals surface area contributed by atoms with Crippen LogP contribution in [0, 0.1) is 0 Å². The van der Waals surface area contributed by atoms with E-state index in [0.717, 1.165) is 68.9 Å². The van der Waals surface area contributed by atoms with Gasteiger partial charge in [-0.1, -0.05) is 6.07 Å². The zero-order valence-corrected chi connectivity index (χ0v) is 20.1. The lowest BCUT2D eigenvalue weighted by Crippen LogP contribution is -2.45. The SMILES string of the molecule is CN1CCN(c2cnc(Sc3cccc(NS(C)(=O)=O)c3)nc2OC2CCCNC2)CC1. The molecule has 2 saturated heterocycles. The van der Waals surface area contributed by atoms with Gasteiger partial charge in [0, 0.05) is 43.3 Å². The topological polar surface area (TPSA) is 99.7 Å². The molecule has 0 radical (unpaired) electrons. The molecule has 2 aromatic rings. The number of piperazine rings is 1. The molecule has 3 heterocycles. The minimum atomic E-state index is -3.34. The average molecular weight is 479 g/mol. The Bertz CT molecular complexity index is 1020. The van der Waals surface area contributed by atoms with Gasteiger partial charge >= 0.3 is 0 Å². The molecule has 0 aliphatic carbocycles. The number of piperidine rings is 1. The van der Waals surface area contributed by atoms with Crippen LogP contribution in [0.2, 0.25) is 0 Å². The fourth-order valence-corrected chi connectivity index (χ4v) is 5.10. The van der Waals surface area contributed by atoms with E-state index < -0.39 is 10.0 Å². The van der Waals surface area contributed by atoms with Gasteiger partial charge in [0.15, 0.2) is 5.16 Å². The van der Waals surface area contributed by atoms with Crippen LogP contribution >= 0.6 is 11.8 Å². The molecule has 4 rings (SSSR count). The number of anilines is 2. The fourth-order valence-electron chi connectivity index (χ4n) is 3.77. The number of benzene rings is 1. The van der Waals surface area contributed by atoms with Crippen LogP contribution < -0.4 is 19.7 Å². The molecule has 1 aromatic heterocycles. The zero-order chi connectivity index (χ0) is 22.6. The molecular weight excluding hydrogens is 448 g/mol. The highest BCUT2D eigenvalue weighted by Crippen LogP contribution is 2.33. The second-order valence-electron chi connectivity index (χ2n) is 8.22. The summed E-state index contributed by atoms with van der Waals surface area (Å²) in [6.07, 6.45) is 5.16. The smallest absolute Gasteiger partial charge is 0.242 e. The van der Waals surface area contributed by atoms with Gasteiger partial charge in [0.2, 0.25) is 15.9 Å². The average Bonchev–Trinajstić information content (AvgIpc) is 2.75. The van der Waals surface area contributed by atoms with Crippen molar-refractivity contribution in [3.05, 3.63) is 30.5 Å². The summed E-state index contributed by atoms with van der Waals surface area (Å²) in [4.78, 5) is 14.8. The maximum atomic E-state index is 11.5. The van der Waals surface area contributed by atoms with E-state index in [9.17, 15) is 8.42 Å². The third-order valence-electron chi connectivity index (χ3n) is 5.43. The number of rotatable bonds is 7. The Morgan fingerprint density at radius 3 is 2.78 bits per heavy atom. The molecule has 9 nitrogen and oxygen atoms in total. The van der Waals surface area contributed by atoms with Crippen molar-refractivity contribution in [2.45, 2.75) is 29.0 Å². The van der Waals surface area contributed by atoms with E-state index in [1.807, 2.05) is 12.3 Å². The molecule has 1 aromatic carbocycles. The second kappa shape index (κ2) is 10.2. The zero-order valence-electron chi connectivity index (χ0n) is 18.5. The number of hydrogen-bond acceptors (Lipinski definition) is 9. The van der Waals surface area contributed by atoms with Crippen LogP contribution in [0.3, 0.4) is 0 Å². The van der Waals surface area contributed by atoms with Crippen LogP contribution in [-0.2, 0) is 10.0 Å². The minimum absolute atomic E-state index is 0.0880. The largest absolute Gasteiger partial charge is 0.471 e. The predicted molar refractivity (Wildman–Crippen MR) is 127 cm³/mol. The normalized spacial score (nSPS) is 20.2. The Morgan fingerprint density at radius 1 is 1.25 bits per heavy atom. The van der Waals surface area contributed by atoms with Crippen molar-refractivity contribution >= 4 is 33.2 Å². The molecule has 174 valence electrons. The summed E-state index contributed by atoms with van der Waals surface area (Å²) in [5.41, 5.74) is 1.44. The number of ether oxygens (including phenoxy) is 1. The third kappa shape index (κ3) is 6.47. The maximum Gasteiger partial charge on any atom is 0.242 e. The lowest BCUT2D eigenvalue weighted by atomic mass is 10.1. The first-order valence-corrected chi connectivity index (χ1v) is 13.5. The standard InChI is InChI=1S/C21H30N6O3S2/c1-26-9-11-27(12-10-26)19-15-23-21(24-20(19)30-17-6-4-8-22-14-17)31-18-7-3-5-16(13-18)25-32(2,28)29/h3,5,7,13,15,17,22,25H,4,6,8-12,14H2,1-2H3. The number of likely N-dealkylation sites (N-methyl/N-ethyl adjacent to an activating group) is 1. The maximum absolute atomic E-state index is 11.5. The molecule has 2 aliphatic heterocycles. The molecule has 0 bridgehead atoms. The van der Waals surface area contributed by atoms with E-state index >= 15 is 0 Å². The number of nitrogens with one attached hydrogen (secondary N) is 2. The Balaban J connectivity index is 1.56. The number of sulfonamides is 1. The van der Waals surface area contributed by atoms with Crippen LogP contribution in [0.4, 0.5) is 11.4 Å². The van der Waals surface area contributed by atoms with Crippen molar-refractivity contribution in [2.75, 3.05) is 62.2 Å². The quantitative estimate of drug-likeness (QED) is 0.578. The van der Waals surface area contributed by atoms with Crippen LogP contribution in [-0.4, -0.2) is 82.0 Å². The molecule has 1 atom stereocenters. The summed E-state index contributed by atoms with van der Waals surface area (Å²) in [5, 5.41) is 3.96. The highest BCUT2D eigenvalue weighted by molar-refractivity contribution is 7.99. The summed E-state index contributed by atoms with van der Waals surface area (Å²) >= 11 is 1.38. The summed E-state index contributed by atoms with van der Waals surface area (Å²) in [7, 11) is -1.21. The Hall–Kier alpha value is -2.08. The van der Waals surface area contributed by atoms with E-state index in [1.54, 1.807) is 18.2 Å². The van der Waals surface area contributed by atoms with Crippen molar-refractivity contribution in [1.29, 1.82) is 0 Å². The van der Waals surface area contributed by atoms with E-state index in [1.165, 1.54) is 11.8 Å². The van der Waals surface area contributed by atoms with Crippen LogP contribution in [0.5, 0.6) is 5.88 Å². The first kappa shape index (κ1) is 23.1. The molecule has 2 aliphatic rings. The monoisotopic (exact) mass is 478 g/mol. The van der Waals surface area contributed by atoms with E-state index in [0.29, 0.717) is 16.7 Å². The van der Waals surface area contributed by atoms with Crippen LogP contribution in [0.15, 0.2) is 40.5 Å². The van der Waals surface area contributed by atoms with Gasteiger partial charge < -0.3 is 19.9 Å². The second-order valence-corrected chi connectivity index (χ2v) is 11.0. The Kier molecular flexibility index (Phi) is 7.39. The van der Waals surface area contributed by atoms with Crippen molar-refractivity contribution in [2.24, 2.45) is 0 Å². The molecule has 2 N–H and O–H groups in total. The fraction of sp³-hybridized carbons (Fsp3) is 0.524. The van der Waals surface area contributed by atoms with Crippen LogP contribution in [0.1, 0.15) is 12.8 Å². The molecule has 0 saturated carbocycles. The number of nitrogens with zero attached hydrogens (tertiary/aromatic N) is 4. The lowest BCUT2D eigenvalue weighted by molar-refractivity contribution is 0.159. The molecule has 0 amide bonds. The summed E-state index contributed by atoms with van der Waals surface area (Å²) in [5.74, 6) is 0.617. The van der Waals surface area contributed by atoms with E-state index in [4.69, 9.17) is 9.72 Å². The van der Waals surface area contributed by atoms with Gasteiger partial charge in [-0.3, -0.25) is 4.72 Å². The highest BCUT2D eigenvalue weighted by Gasteiger charge is 2.23. The van der Waals surface area contributed by atoms with Gasteiger partial charge in [0.25, 0.3) is 0 Å². The highest BCUT2D eigenvalue weighted by atomic mass is 32.2. The van der Waals surface area contributed by atoms with Gasteiger partial charge in [-0.2, -0.15) is 4.98 Å². The Morgan fingerprint density at radius 2 is 2.06 bits per heavy atom. The minimum Gasteiger partial charge on any atom is -0.471 e. The molecule has 0 spiro atoms. The first-order chi connectivity index (χ1) is 15.4. The predicted octanol–water partition coefficient (Wildman–Crippen LogP) is 1.88. The van der Waals surface area contributed by atoms with E-state index in [-0.39, 0.29) is 6.10 Å². The number of aromatic nitrogens is 2. The summed E-state index contributed by atoms with van der Waals surface area (Å²) < 4.78 is 31.9. The van der Waals surface area contributed by atoms with Gasteiger partial charge in [-0.05, 0) is 56.4 Å². The van der Waals surface area contributed by atoms with Gasteiger partial charge in [-0.25, -0.2) is 13.4 Å². The molecule has 32 heavy (non-hydrogen) atoms. The summed E-state index contributed by atoms with van der Waals surface area (Å²) in [6, 6.07) is 7.20. The van der Waals surface area contributed by atoms with E-state index in [2.05, 4.69) is 31.9 Å². The lowest BCUT2D eigenvalue weighted by Gasteiger charge is -2.35. The number of hydrogen-bond donors (Lipinski definition) is 2. The molecule has 1 unspecified atom stereocenters. The Labute approximate surface area is 194 Å². The molecule has 2 fully saturated rings. The molecule has 11 heteroatoms. The third-order valence-corrected chi connectivity index (χ3v) is 6.91. The van der Waals surface area contributed by atoms with Gasteiger partial charge in [-0.15, -0.1) is 0 Å². The molecular formula is C21H30N6O3S2. The van der Waals surface area contributed by atoms with Crippen molar-refractivity contribution < 1.29 is 13.2 Å². The first-order valence-electron chi connectivity index (χ1n) is 10.8.